The molecule has 0 aliphatic heterocycles. The maximum Gasteiger partial charge on any atom is 2.00 e. The van der Waals surface area contributed by atoms with E-state index in [9.17, 15) is 0 Å². The molecule has 0 aliphatic rings. The van der Waals surface area contributed by atoms with Crippen LogP contribution in [0.15, 0.2) is 0 Å². The molecule has 0 atom stereocenters. The van der Waals surface area contributed by atoms with Gasteiger partial charge in [-0.15, -0.1) is 17.0 Å². The van der Waals surface area contributed by atoms with Crippen molar-refractivity contribution in [1.82, 2.24) is 0 Å². The number of unbranched alkanes of at least 4 members (excludes halogenated alkanes) is 1. The van der Waals surface area contributed by atoms with Gasteiger partial charge in [-0.05, 0) is 0 Å². The zero-order valence-electron chi connectivity index (χ0n) is 5.24. The molecule has 0 N–H and O–H groups in total. The van der Waals surface area contributed by atoms with E-state index in [1.165, 1.54) is 6.42 Å². The van der Waals surface area contributed by atoms with Crippen molar-refractivity contribution in [3.05, 3.63) is 14.4 Å². The molecule has 0 saturated carbocycles. The van der Waals surface area contributed by atoms with Gasteiger partial charge < -0.3 is 14.4 Å². The Bertz CT molecular complexity index is 10.0. The maximum absolute atomic E-state index is 3.60. The van der Waals surface area contributed by atoms with Crippen LogP contribution in [0.2, 0.25) is 0 Å². The molecule has 0 aromatic carbocycles. The Kier molecular flexibility index (Phi) is 92.0. The van der Waals surface area contributed by atoms with E-state index in [1.54, 1.807) is 0 Å². The predicted molar refractivity (Wildman–Crippen MR) is 42.8 cm³/mol. The summed E-state index contributed by atoms with van der Waals surface area (Å²) in [7, 11) is 0. The van der Waals surface area contributed by atoms with Gasteiger partial charge >= 0.3 is 23.1 Å². The Balaban J connectivity index is -0.0000000150. The summed E-state index contributed by atoms with van der Waals surface area (Å²) in [6, 6.07) is 0. The van der Waals surface area contributed by atoms with Crippen LogP contribution in [0.5, 0.6) is 0 Å². The van der Waals surface area contributed by atoms with E-state index in [4.69, 9.17) is 0 Å². The normalized spacial score (nSPS) is 4.29. The first-order chi connectivity index (χ1) is 1.91. The molecule has 0 nitrogen and oxygen atoms in total. The minimum absolute atomic E-state index is 0. The molecule has 0 spiro atoms. The molecule has 0 fully saturated rings. The van der Waals surface area contributed by atoms with Gasteiger partial charge in [0.25, 0.3) is 0 Å². The summed E-state index contributed by atoms with van der Waals surface area (Å²) in [4.78, 5) is 0. The minimum atomic E-state index is 0. The summed E-state index contributed by atoms with van der Waals surface area (Å²) in [5.74, 6) is 0. The average molecular weight is 177 g/mol. The van der Waals surface area contributed by atoms with Crippen molar-refractivity contribution in [3.63, 3.8) is 0 Å². The van der Waals surface area contributed by atoms with Crippen molar-refractivity contribution < 1.29 is 0 Å². The van der Waals surface area contributed by atoms with Gasteiger partial charge in [0.15, 0.2) is 0 Å². The summed E-state index contributed by atoms with van der Waals surface area (Å²) < 4.78 is 0. The molecule has 0 rings (SSSR count). The maximum atomic E-state index is 3.60. The van der Waals surface area contributed by atoms with Gasteiger partial charge in [0.1, 0.15) is 0 Å². The molecule has 0 aromatic heterocycles. The predicted octanol–water partition coefficient (Wildman–Crippen LogP) is 2.27. The molecule has 2 heteroatoms. The second kappa shape index (κ2) is 26.8. The first-order valence-electron chi connectivity index (χ1n) is 1.71. The summed E-state index contributed by atoms with van der Waals surface area (Å²) >= 11 is 0. The first kappa shape index (κ1) is 24.0. The molecule has 0 aromatic rings. The second-order valence-electron chi connectivity index (χ2n) is 0.854. The molecule has 42 valence electrons. The molecule has 0 aliphatic carbocycles. The summed E-state index contributed by atoms with van der Waals surface area (Å²) in [6.45, 7) is 5.72. The van der Waals surface area contributed by atoms with E-state index in [2.05, 4.69) is 13.8 Å². The molecular formula is C5H13BrMg. The fourth-order valence-corrected chi connectivity index (χ4v) is 0. The molecule has 0 radical (unpaired) electrons. The largest absolute Gasteiger partial charge is 2.00 e. The van der Waals surface area contributed by atoms with Gasteiger partial charge in [-0.3, -0.25) is 0 Å². The van der Waals surface area contributed by atoms with Gasteiger partial charge in [0.2, 0.25) is 0 Å². The van der Waals surface area contributed by atoms with Crippen molar-refractivity contribution in [2.24, 2.45) is 0 Å². The smallest absolute Gasteiger partial charge is 0.358 e. The van der Waals surface area contributed by atoms with Gasteiger partial charge in [-0.25, -0.2) is 0 Å². The number of rotatable bonds is 1. The third-order valence-corrected chi connectivity index (χ3v) is 0.354. The molecule has 0 saturated heterocycles. The van der Waals surface area contributed by atoms with Crippen LogP contribution in [0, 0.1) is 14.4 Å². The summed E-state index contributed by atoms with van der Waals surface area (Å²) in [5, 5.41) is 0. The Morgan fingerprint density at radius 3 is 1.57 bits per heavy atom. The van der Waals surface area contributed by atoms with Crippen LogP contribution < -0.4 is 0 Å². The van der Waals surface area contributed by atoms with E-state index in [-0.39, 0.29) is 47.5 Å². The summed E-state index contributed by atoms with van der Waals surface area (Å²) in [6.07, 6.45) is 2.28. The zero-order chi connectivity index (χ0) is 3.41. The number of hydrogen-bond acceptors (Lipinski definition) is 0. The third kappa shape index (κ3) is 39.5. The van der Waals surface area contributed by atoms with Crippen molar-refractivity contribution in [1.29, 1.82) is 0 Å². The quantitative estimate of drug-likeness (QED) is 0.426. The Morgan fingerprint density at radius 2 is 1.57 bits per heavy atom. The number of hydrogen-bond donors (Lipinski definition) is 0. The van der Waals surface area contributed by atoms with Crippen molar-refractivity contribution >= 4 is 40.0 Å². The van der Waals surface area contributed by atoms with E-state index < -0.39 is 0 Å². The van der Waals surface area contributed by atoms with Crippen LogP contribution in [0.3, 0.4) is 0 Å². The topological polar surface area (TPSA) is 0 Å². The Hall–Kier alpha value is 1.25. The van der Waals surface area contributed by atoms with Crippen LogP contribution >= 0.6 is 17.0 Å². The number of halogens is 1. The first-order valence-corrected chi connectivity index (χ1v) is 1.71. The van der Waals surface area contributed by atoms with E-state index in [1.807, 2.05) is 0 Å². The van der Waals surface area contributed by atoms with Crippen molar-refractivity contribution in [2.45, 2.75) is 19.8 Å². The van der Waals surface area contributed by atoms with Crippen molar-refractivity contribution in [2.75, 3.05) is 0 Å². The molecular weight excluding hydrogens is 164 g/mol. The van der Waals surface area contributed by atoms with Gasteiger partial charge in [0.05, 0.1) is 0 Å². The second-order valence-corrected chi connectivity index (χ2v) is 0.854. The van der Waals surface area contributed by atoms with Gasteiger partial charge in [-0.2, -0.15) is 6.42 Å². The fourth-order valence-electron chi connectivity index (χ4n) is 0. The standard InChI is InChI=1S/C4H9.CH3.BrH.Mg/c1-3-4-2;;;/h1,3-4H2,2H3;1H3;1H;/q2*-1;;+2. The van der Waals surface area contributed by atoms with Crippen LogP contribution in [0.1, 0.15) is 19.8 Å². The van der Waals surface area contributed by atoms with Gasteiger partial charge in [-0.1, -0.05) is 13.3 Å². The monoisotopic (exact) mass is 176 g/mol. The van der Waals surface area contributed by atoms with Crippen molar-refractivity contribution in [3.8, 4) is 0 Å². The molecule has 7 heavy (non-hydrogen) atoms. The van der Waals surface area contributed by atoms with Crippen LogP contribution in [0.4, 0.5) is 0 Å². The van der Waals surface area contributed by atoms with Crippen LogP contribution in [0.25, 0.3) is 0 Å². The SMILES string of the molecule is Br.[CH2-]CCC.[CH3-].[Mg+2]. The molecule has 0 unspecified atom stereocenters. The Morgan fingerprint density at radius 1 is 1.43 bits per heavy atom. The third-order valence-electron chi connectivity index (χ3n) is 0.354. The molecule has 0 amide bonds. The molecule has 0 heterocycles. The molecule has 0 bridgehead atoms. The van der Waals surface area contributed by atoms with Crippen LogP contribution in [-0.4, -0.2) is 23.1 Å². The summed E-state index contributed by atoms with van der Waals surface area (Å²) in [5.41, 5.74) is 0. The van der Waals surface area contributed by atoms with E-state index in [0.717, 1.165) is 6.42 Å². The van der Waals surface area contributed by atoms with Gasteiger partial charge in [0, 0.05) is 0 Å². The zero-order valence-corrected chi connectivity index (χ0v) is 8.36. The average Bonchev–Trinajstić information content (AvgIpc) is 1.37. The van der Waals surface area contributed by atoms with Crippen LogP contribution in [-0.2, 0) is 0 Å². The van der Waals surface area contributed by atoms with E-state index >= 15 is 0 Å². The minimum Gasteiger partial charge on any atom is -0.358 e. The Labute approximate surface area is 74.0 Å². The fraction of sp³-hybridized carbons (Fsp3) is 0.600. The van der Waals surface area contributed by atoms with E-state index in [0.29, 0.717) is 0 Å².